The Labute approximate surface area is 764 Å². The number of phenols is 1. The number of aromatic amines is 1. The quantitative estimate of drug-likeness (QED) is 0.0343. The molecule has 1 aromatic heterocycles. The fourth-order valence-electron chi connectivity index (χ4n) is 16.3. The van der Waals surface area contributed by atoms with Crippen molar-refractivity contribution in [3.05, 3.63) is 173 Å². The molecule has 4 heterocycles. The Hall–Kier alpha value is -13.0. The minimum Gasteiger partial charge on any atom is -0.508 e. The van der Waals surface area contributed by atoms with Gasteiger partial charge in [-0.25, -0.2) is 17.6 Å². The molecule has 0 radical (unpaired) electrons. The SMILES string of the molecule is CCCC[C@H]1C(=O)N2CCC[C@@H]2C(=O)N[C@@H](CO)C(=O)N[C@H](C(C)C)C(=O)N(C)[C@@H](Cc2ccccc2)C(=O)N[C@@H](CC(=O)O)C(=O)N2CCCC[C@@H]2C(=O)N[C@H](Cc2c[nH]c3ccccc23)C(=O)N[C@@H](Cc2ccc(O)cc2)C(=O)N[C@@H](CC(C)C)C(=O)N[C@H](C(=O)NCC(N)=O)CSCC(=O)N[C@@H](Cc2cc(F)c(F)c(F)c2)C(=O)N(C)[C@@H](Cc2ccc(F)cc2)C(=O)N1C. The molecule has 3 fully saturated rings. The van der Waals surface area contributed by atoms with E-state index in [9.17, 15) is 57.7 Å². The van der Waals surface area contributed by atoms with Crippen molar-refractivity contribution in [2.75, 3.05) is 58.9 Å². The van der Waals surface area contributed by atoms with E-state index in [2.05, 4.69) is 52.8 Å². The number of amides is 15. The molecule has 13 atom stereocenters. The standard InChI is InChI=1S/C92H116F4N16O19S/c1-9-10-23-72-91(130)112-35-18-25-71(112)86(125)105-68(47-113)84(123)107-79(51(4)5)92(131)109(7)73(41-52-19-12-11-13-20-52)87(126)104-67(44-77(117)118)89(128)111-34-17-16-24-70(111)85(124)103-65(43-56-45-98-62-22-15-14-21-59(56)62)83(122)102-64(39-53-28-32-58(114)33-29-53)82(121)101-63(36-50(2)3)81(120)106-69(80(119)99-46-75(97)115)48-132-49-76(116)100-66(40-55-37-60(94)78(96)61(95)38-55)88(127)110(8)74(90(129)108(72)6)42-54-26-30-57(93)31-27-54/h11-15,19-22,26-33,37-38,45,50-51,63-74,79,98,113-114H,9-10,16-18,23-25,34-36,39-44,46-49H2,1-8H3,(H2,97,115)(H,99,119)(H,100,116)(H,101,121)(H,102,122)(H,103,124)(H,104,126)(H,105,125)(H,106,120)(H,107,123)(H,117,118)/t63-,64-,65+,66-,67-,68-,69-,70+,71+,72-,73-,74-,79+/m0/s1. The molecule has 9 rings (SSSR count). The minimum absolute atomic E-state index is 0.0224. The number of likely N-dealkylation sites (N-methyl/N-ethyl adjacent to an activating group) is 3. The molecule has 35 nitrogen and oxygen atoms in total. The predicted octanol–water partition coefficient (Wildman–Crippen LogP) is 2.38. The number of aliphatic hydroxyl groups excluding tert-OH is 1. The molecule has 0 bridgehead atoms. The lowest BCUT2D eigenvalue weighted by molar-refractivity contribution is -0.152. The van der Waals surface area contributed by atoms with Gasteiger partial charge in [0.1, 0.15) is 90.1 Å². The Bertz CT molecular complexity index is 5130. The number of unbranched alkanes of at least 4 members (excludes halogenated alkanes) is 1. The first-order chi connectivity index (χ1) is 62.7. The fourth-order valence-corrected chi connectivity index (χ4v) is 17.2. The number of primary amides is 1. The summed E-state index contributed by atoms with van der Waals surface area (Å²) in [6.45, 7) is 6.10. The molecule has 0 spiro atoms. The van der Waals surface area contributed by atoms with Crippen LogP contribution in [0, 0.1) is 35.1 Å². The van der Waals surface area contributed by atoms with E-state index in [0.717, 1.165) is 38.8 Å². The summed E-state index contributed by atoms with van der Waals surface area (Å²) in [4.78, 5) is 245. The van der Waals surface area contributed by atoms with Crippen LogP contribution < -0.4 is 53.6 Å². The number of aromatic nitrogens is 1. The topological polar surface area (TPSA) is 500 Å². The molecule has 3 aliphatic rings. The number of nitrogens with two attached hydrogens (primary N) is 1. The van der Waals surface area contributed by atoms with Gasteiger partial charge in [-0.15, -0.1) is 11.8 Å². The molecule has 5 aromatic carbocycles. The molecule has 0 aliphatic carbocycles. The Kier molecular flexibility index (Phi) is 37.5. The summed E-state index contributed by atoms with van der Waals surface area (Å²) in [5.41, 5.74) is 7.16. The van der Waals surface area contributed by atoms with Gasteiger partial charge >= 0.3 is 5.97 Å². The molecule has 6 aromatic rings. The van der Waals surface area contributed by atoms with E-state index < -0.39 is 258 Å². The molecule has 0 saturated carbocycles. The number of para-hydroxylation sites is 1. The van der Waals surface area contributed by atoms with Crippen molar-refractivity contribution in [1.29, 1.82) is 0 Å². The number of aromatic hydroxyl groups is 1. The van der Waals surface area contributed by atoms with Gasteiger partial charge in [-0.05, 0) is 127 Å². The van der Waals surface area contributed by atoms with Crippen molar-refractivity contribution in [1.82, 2.24) is 77.3 Å². The van der Waals surface area contributed by atoms with Crippen molar-refractivity contribution in [2.45, 2.75) is 209 Å². The number of nitrogens with zero attached hydrogens (tertiary/aromatic N) is 5. The average molecular weight is 1860 g/mol. The van der Waals surface area contributed by atoms with Gasteiger partial charge in [0.2, 0.25) is 88.6 Å². The number of fused-ring (bicyclic) bond motifs is 3. The van der Waals surface area contributed by atoms with Crippen LogP contribution in [-0.4, -0.2) is 277 Å². The number of hydrogen-bond acceptors (Lipinski definition) is 19. The number of benzene rings is 5. The number of halogens is 4. The van der Waals surface area contributed by atoms with Gasteiger partial charge in [0.15, 0.2) is 17.5 Å². The van der Waals surface area contributed by atoms with Crippen molar-refractivity contribution in [3.8, 4) is 5.75 Å². The van der Waals surface area contributed by atoms with Crippen LogP contribution in [0.15, 0.2) is 121 Å². The zero-order valence-electron chi connectivity index (χ0n) is 74.7. The maximum atomic E-state index is 15.6. The number of aliphatic carboxylic acids is 1. The second-order valence-corrected chi connectivity index (χ2v) is 35.2. The van der Waals surface area contributed by atoms with Crippen LogP contribution in [0.3, 0.4) is 0 Å². The van der Waals surface area contributed by atoms with Gasteiger partial charge in [-0.1, -0.05) is 120 Å². The first kappa shape index (κ1) is 103. The van der Waals surface area contributed by atoms with Crippen LogP contribution in [0.5, 0.6) is 5.75 Å². The maximum Gasteiger partial charge on any atom is 0.305 e. The number of carbonyl (C=O) groups is 16. The first-order valence-corrected chi connectivity index (χ1v) is 45.0. The van der Waals surface area contributed by atoms with E-state index in [-0.39, 0.29) is 88.6 Å². The molecule has 15 N–H and O–H groups in total. The molecule has 3 saturated heterocycles. The van der Waals surface area contributed by atoms with Gasteiger partial charge in [0, 0.05) is 89.2 Å². The number of carboxylic acids is 1. The number of hydrogen-bond donors (Lipinski definition) is 14. The average Bonchev–Trinajstić information content (AvgIpc) is 1.45. The third-order valence-electron chi connectivity index (χ3n) is 23.5. The molecule has 15 amide bonds. The highest BCUT2D eigenvalue weighted by Gasteiger charge is 2.46. The second kappa shape index (κ2) is 48.2. The van der Waals surface area contributed by atoms with Crippen LogP contribution >= 0.6 is 11.8 Å². The lowest BCUT2D eigenvalue weighted by Crippen LogP contribution is -2.63. The van der Waals surface area contributed by atoms with Crippen molar-refractivity contribution in [3.63, 3.8) is 0 Å². The Balaban J connectivity index is 1.13. The van der Waals surface area contributed by atoms with Gasteiger partial charge in [0.25, 0.3) is 0 Å². The van der Waals surface area contributed by atoms with Crippen molar-refractivity contribution < 1.29 is 110 Å². The van der Waals surface area contributed by atoms with E-state index in [1.54, 1.807) is 95.4 Å². The van der Waals surface area contributed by atoms with Crippen LogP contribution in [0.2, 0.25) is 0 Å². The monoisotopic (exact) mass is 1860 g/mol. The summed E-state index contributed by atoms with van der Waals surface area (Å²) >= 11 is 0.648. The van der Waals surface area contributed by atoms with Crippen LogP contribution in [0.1, 0.15) is 127 Å². The number of phenolic OH excluding ortho intramolecular Hbond substituents is 1. The largest absolute Gasteiger partial charge is 0.508 e. The number of carboxylic acid groups (broad SMARTS) is 1. The Morgan fingerprint density at radius 2 is 1.06 bits per heavy atom. The molecule has 3 aliphatic heterocycles. The number of aliphatic hydroxyl groups is 1. The highest BCUT2D eigenvalue weighted by molar-refractivity contribution is 8.00. The molecular formula is C92H116F4N16O19S. The summed E-state index contributed by atoms with van der Waals surface area (Å²) in [5.74, 6) is -25.4. The number of rotatable bonds is 22. The van der Waals surface area contributed by atoms with E-state index >= 15 is 51.9 Å². The molecule has 0 unspecified atom stereocenters. The normalized spacial score (nSPS) is 23.8. The van der Waals surface area contributed by atoms with Crippen LogP contribution in [0.25, 0.3) is 10.9 Å². The summed E-state index contributed by atoms with van der Waals surface area (Å²) < 4.78 is 59.7. The summed E-state index contributed by atoms with van der Waals surface area (Å²) in [6.07, 6.45) is -0.571. The van der Waals surface area contributed by atoms with Crippen molar-refractivity contribution in [2.24, 2.45) is 17.6 Å². The van der Waals surface area contributed by atoms with Gasteiger partial charge in [-0.3, -0.25) is 76.7 Å². The van der Waals surface area contributed by atoms with E-state index in [1.165, 1.54) is 55.4 Å². The zero-order chi connectivity index (χ0) is 96.5. The van der Waals surface area contributed by atoms with E-state index in [1.807, 2.05) is 0 Å². The molecule has 132 heavy (non-hydrogen) atoms. The van der Waals surface area contributed by atoms with Gasteiger partial charge in [-0.2, -0.15) is 0 Å². The van der Waals surface area contributed by atoms with Gasteiger partial charge < -0.3 is 98.4 Å². The Morgan fingerprint density at radius 1 is 0.530 bits per heavy atom. The summed E-state index contributed by atoms with van der Waals surface area (Å²) in [6, 6.07) is 5.02. The molecular weight excluding hydrogens is 1740 g/mol. The van der Waals surface area contributed by atoms with E-state index in [0.29, 0.717) is 64.3 Å². The smallest absolute Gasteiger partial charge is 0.305 e. The minimum atomic E-state index is -1.95. The third kappa shape index (κ3) is 28.0. The maximum absolute atomic E-state index is 15.6. The highest BCUT2D eigenvalue weighted by atomic mass is 32.2. The third-order valence-corrected chi connectivity index (χ3v) is 24.6. The predicted molar refractivity (Wildman–Crippen MR) is 476 cm³/mol. The lowest BCUT2D eigenvalue weighted by Gasteiger charge is -2.38. The Morgan fingerprint density at radius 3 is 1.69 bits per heavy atom. The number of carbonyl (C=O) groups excluding carboxylic acids is 15. The number of H-pyrrole nitrogens is 1. The summed E-state index contributed by atoms with van der Waals surface area (Å²) in [7, 11) is 3.62. The number of nitrogens with one attached hydrogen (secondary N) is 10. The lowest BCUT2D eigenvalue weighted by atomic mass is 9.97. The second-order valence-electron chi connectivity index (χ2n) is 34.1. The fraction of sp³-hybridized carbons (Fsp3) is 0.478. The van der Waals surface area contributed by atoms with Crippen molar-refractivity contribution >= 4 is 117 Å². The van der Waals surface area contributed by atoms with E-state index in [4.69, 9.17) is 5.73 Å². The molecule has 712 valence electrons. The van der Waals surface area contributed by atoms with Crippen LogP contribution in [0.4, 0.5) is 17.6 Å². The highest BCUT2D eigenvalue weighted by Crippen LogP contribution is 2.29. The summed E-state index contributed by atoms with van der Waals surface area (Å²) in [5, 5.41) is 55.7. The first-order valence-electron chi connectivity index (χ1n) is 43.8. The number of piperidine rings is 1. The van der Waals surface area contributed by atoms with Crippen LogP contribution in [-0.2, 0) is 109 Å². The van der Waals surface area contributed by atoms with Gasteiger partial charge in [0.05, 0.1) is 25.3 Å². The molecule has 40 heteroatoms. The zero-order valence-corrected chi connectivity index (χ0v) is 75.5. The number of thioether (sulfide) groups is 1.